The Morgan fingerprint density at radius 3 is 2.38 bits per heavy atom. The lowest BCUT2D eigenvalue weighted by Gasteiger charge is -2.09. The zero-order valence-electron chi connectivity index (χ0n) is 9.16. The maximum atomic E-state index is 4.47. The van der Waals surface area contributed by atoms with Gasteiger partial charge in [0.1, 0.15) is 0 Å². The molecule has 0 heterocycles. The summed E-state index contributed by atoms with van der Waals surface area (Å²) in [6.45, 7) is 4.43. The second-order valence-corrected chi connectivity index (χ2v) is 3.29. The first-order valence-electron chi connectivity index (χ1n) is 5.29. The average Bonchev–Trinajstić information content (AvgIpc) is 2.14. The van der Waals surface area contributed by atoms with Crippen LogP contribution in [0.25, 0.3) is 0 Å². The molecule has 0 aromatic rings. The van der Waals surface area contributed by atoms with E-state index in [0.29, 0.717) is 6.04 Å². The first-order valence-corrected chi connectivity index (χ1v) is 5.29. The number of aliphatic imine (C=N–C) groups is 2. The first-order chi connectivity index (χ1) is 6.35. The van der Waals surface area contributed by atoms with Gasteiger partial charge in [-0.2, -0.15) is 0 Å². The topological polar surface area (TPSA) is 24.7 Å². The Labute approximate surface area is 82.2 Å². The lowest BCUT2D eigenvalue weighted by Crippen LogP contribution is -2.04. The van der Waals surface area contributed by atoms with Gasteiger partial charge in [-0.3, -0.25) is 9.98 Å². The third-order valence-electron chi connectivity index (χ3n) is 2.03. The molecule has 0 spiro atoms. The Kier molecular flexibility index (Phi) is 8.95. The molecule has 0 amide bonds. The third-order valence-corrected chi connectivity index (χ3v) is 2.03. The van der Waals surface area contributed by atoms with E-state index in [1.54, 1.807) is 13.3 Å². The second-order valence-electron chi connectivity index (χ2n) is 3.29. The van der Waals surface area contributed by atoms with Crippen LogP contribution < -0.4 is 0 Å². The molecule has 0 aliphatic heterocycles. The van der Waals surface area contributed by atoms with E-state index in [0.717, 1.165) is 0 Å². The van der Waals surface area contributed by atoms with Crippen molar-refractivity contribution in [3.63, 3.8) is 0 Å². The van der Waals surface area contributed by atoms with Crippen LogP contribution in [0.1, 0.15) is 46.0 Å². The van der Waals surface area contributed by atoms with Crippen LogP contribution in [0.3, 0.4) is 0 Å². The second kappa shape index (κ2) is 9.43. The van der Waals surface area contributed by atoms with E-state index >= 15 is 0 Å². The third kappa shape index (κ3) is 7.69. The predicted octanol–water partition coefficient (Wildman–Crippen LogP) is 3.12. The molecule has 0 bridgehead atoms. The number of hydrogen-bond donors (Lipinski definition) is 0. The molecule has 0 N–H and O–H groups in total. The van der Waals surface area contributed by atoms with Crippen molar-refractivity contribution in [2.45, 2.75) is 52.0 Å². The lowest BCUT2D eigenvalue weighted by molar-refractivity contribution is 0.539. The summed E-state index contributed by atoms with van der Waals surface area (Å²) >= 11 is 0. The van der Waals surface area contributed by atoms with Crippen molar-refractivity contribution < 1.29 is 0 Å². The van der Waals surface area contributed by atoms with Crippen LogP contribution in [0.15, 0.2) is 9.98 Å². The van der Waals surface area contributed by atoms with Crippen molar-refractivity contribution in [1.82, 2.24) is 0 Å². The van der Waals surface area contributed by atoms with E-state index in [1.807, 2.05) is 6.21 Å². The molecule has 1 unspecified atom stereocenters. The van der Waals surface area contributed by atoms with Gasteiger partial charge < -0.3 is 0 Å². The van der Waals surface area contributed by atoms with Crippen molar-refractivity contribution in [3.05, 3.63) is 0 Å². The Hall–Kier alpha value is -0.660. The molecule has 0 radical (unpaired) electrons. The van der Waals surface area contributed by atoms with Gasteiger partial charge in [-0.15, -0.1) is 0 Å². The molecule has 0 aliphatic carbocycles. The number of nitrogens with zero attached hydrogens (tertiary/aromatic N) is 2. The summed E-state index contributed by atoms with van der Waals surface area (Å²) in [7, 11) is 1.77. The highest BCUT2D eigenvalue weighted by Gasteiger charge is 2.02. The van der Waals surface area contributed by atoms with Crippen LogP contribution in [-0.4, -0.2) is 25.5 Å². The maximum Gasteiger partial charge on any atom is 0.0500 e. The molecule has 0 aliphatic rings. The zero-order valence-corrected chi connectivity index (χ0v) is 9.16. The van der Waals surface area contributed by atoms with Crippen LogP contribution in [0.4, 0.5) is 0 Å². The number of hydrogen-bond acceptors (Lipinski definition) is 2. The van der Waals surface area contributed by atoms with Gasteiger partial charge in [0.15, 0.2) is 0 Å². The van der Waals surface area contributed by atoms with Crippen LogP contribution in [0.5, 0.6) is 0 Å². The van der Waals surface area contributed by atoms with E-state index < -0.39 is 0 Å². The molecule has 0 fully saturated rings. The van der Waals surface area contributed by atoms with Crippen LogP contribution in [0.2, 0.25) is 0 Å². The molecular weight excluding hydrogens is 160 g/mol. The zero-order chi connectivity index (χ0) is 9.94. The van der Waals surface area contributed by atoms with Crippen LogP contribution in [0, 0.1) is 0 Å². The highest BCUT2D eigenvalue weighted by molar-refractivity contribution is 6.15. The highest BCUT2D eigenvalue weighted by Crippen LogP contribution is 2.09. The van der Waals surface area contributed by atoms with Gasteiger partial charge in [0.05, 0.1) is 0 Å². The molecule has 0 saturated carbocycles. The minimum Gasteiger partial charge on any atom is -0.295 e. The maximum absolute atomic E-state index is 4.47. The fourth-order valence-corrected chi connectivity index (χ4v) is 1.29. The van der Waals surface area contributed by atoms with Gasteiger partial charge in [-0.05, 0) is 12.8 Å². The molecule has 0 saturated heterocycles. The quantitative estimate of drug-likeness (QED) is 0.540. The average molecular weight is 182 g/mol. The van der Waals surface area contributed by atoms with Crippen molar-refractivity contribution in [3.8, 4) is 0 Å². The summed E-state index contributed by atoms with van der Waals surface area (Å²) in [5.74, 6) is 0. The van der Waals surface area contributed by atoms with Gasteiger partial charge >= 0.3 is 0 Å². The summed E-state index contributed by atoms with van der Waals surface area (Å²) in [6, 6.07) is 0.517. The van der Waals surface area contributed by atoms with Gasteiger partial charge in [0, 0.05) is 25.5 Å². The monoisotopic (exact) mass is 182 g/mol. The Bertz CT molecular complexity index is 150. The fraction of sp³-hybridized carbons (Fsp3) is 0.818. The van der Waals surface area contributed by atoms with E-state index in [-0.39, 0.29) is 0 Å². The number of rotatable bonds is 7. The molecule has 0 aromatic carbocycles. The van der Waals surface area contributed by atoms with Crippen molar-refractivity contribution in [1.29, 1.82) is 0 Å². The standard InChI is InChI=1S/C11H22N2/c1-4-6-8-11(7-5-2)13-10-9-12-3/h9-11H,4-8H2,1-3H3. The van der Waals surface area contributed by atoms with Crippen LogP contribution in [-0.2, 0) is 0 Å². The molecule has 2 nitrogen and oxygen atoms in total. The highest BCUT2D eigenvalue weighted by atomic mass is 14.8. The van der Waals surface area contributed by atoms with Crippen molar-refractivity contribution in [2.75, 3.05) is 7.05 Å². The molecular formula is C11H22N2. The Balaban J connectivity index is 3.78. The van der Waals surface area contributed by atoms with E-state index in [2.05, 4.69) is 23.8 Å². The van der Waals surface area contributed by atoms with Gasteiger partial charge in [0.2, 0.25) is 0 Å². The molecule has 0 aromatic heterocycles. The van der Waals surface area contributed by atoms with E-state index in [9.17, 15) is 0 Å². The van der Waals surface area contributed by atoms with Crippen LogP contribution >= 0.6 is 0 Å². The molecule has 0 rings (SSSR count). The van der Waals surface area contributed by atoms with E-state index in [1.165, 1.54) is 32.1 Å². The summed E-state index contributed by atoms with van der Waals surface area (Å²) in [6.07, 6.45) is 9.77. The summed E-state index contributed by atoms with van der Waals surface area (Å²) in [5, 5.41) is 0. The van der Waals surface area contributed by atoms with Crippen molar-refractivity contribution >= 4 is 12.4 Å². The SMILES string of the molecule is CCCCC(CCC)N=CC=NC. The Morgan fingerprint density at radius 1 is 1.08 bits per heavy atom. The minimum absolute atomic E-state index is 0.517. The summed E-state index contributed by atoms with van der Waals surface area (Å²) in [5.41, 5.74) is 0. The molecule has 2 heteroatoms. The molecule has 1 atom stereocenters. The van der Waals surface area contributed by atoms with Gasteiger partial charge in [0.25, 0.3) is 0 Å². The largest absolute Gasteiger partial charge is 0.295 e. The van der Waals surface area contributed by atoms with Gasteiger partial charge in [-0.25, -0.2) is 0 Å². The molecule has 76 valence electrons. The summed E-state index contributed by atoms with van der Waals surface area (Å²) in [4.78, 5) is 8.34. The normalized spacial score (nSPS) is 14.4. The minimum atomic E-state index is 0.517. The Morgan fingerprint density at radius 2 is 1.85 bits per heavy atom. The first kappa shape index (κ1) is 12.3. The van der Waals surface area contributed by atoms with E-state index in [4.69, 9.17) is 0 Å². The predicted molar refractivity (Wildman–Crippen MR) is 61.1 cm³/mol. The lowest BCUT2D eigenvalue weighted by atomic mass is 10.1. The summed E-state index contributed by atoms with van der Waals surface area (Å²) < 4.78 is 0. The fourth-order valence-electron chi connectivity index (χ4n) is 1.29. The smallest absolute Gasteiger partial charge is 0.0500 e. The van der Waals surface area contributed by atoms with Crippen molar-refractivity contribution in [2.24, 2.45) is 9.98 Å². The molecule has 13 heavy (non-hydrogen) atoms. The number of unbranched alkanes of at least 4 members (excludes halogenated alkanes) is 1. The van der Waals surface area contributed by atoms with Gasteiger partial charge in [-0.1, -0.05) is 33.1 Å².